The molecule has 22 heavy (non-hydrogen) atoms. The number of halogens is 1. The number of aromatic nitrogens is 3. The lowest BCUT2D eigenvalue weighted by Gasteiger charge is -2.09. The summed E-state index contributed by atoms with van der Waals surface area (Å²) >= 11 is 7.28. The van der Waals surface area contributed by atoms with E-state index in [4.69, 9.17) is 11.6 Å². The lowest BCUT2D eigenvalue weighted by Crippen LogP contribution is -2.14. The van der Waals surface area contributed by atoms with Crippen molar-refractivity contribution < 1.29 is 4.79 Å². The molecule has 1 aromatic carbocycles. The minimum Gasteiger partial charge on any atom is -0.325 e. The molecule has 1 amide bonds. The predicted octanol–water partition coefficient (Wildman–Crippen LogP) is 3.81. The molecule has 5 nitrogen and oxygen atoms in total. The maximum absolute atomic E-state index is 12.0. The first kappa shape index (κ1) is 16.8. The van der Waals surface area contributed by atoms with Crippen LogP contribution in [-0.2, 0) is 11.3 Å². The van der Waals surface area contributed by atoms with Crippen LogP contribution >= 0.6 is 23.4 Å². The van der Waals surface area contributed by atoms with Gasteiger partial charge >= 0.3 is 0 Å². The lowest BCUT2D eigenvalue weighted by molar-refractivity contribution is -0.113. The van der Waals surface area contributed by atoms with E-state index in [0.717, 1.165) is 17.5 Å². The van der Waals surface area contributed by atoms with Crippen molar-refractivity contribution in [3.05, 3.63) is 35.1 Å². The molecular weight excluding hydrogens is 320 g/mol. The fourth-order valence-corrected chi connectivity index (χ4v) is 3.02. The van der Waals surface area contributed by atoms with Gasteiger partial charge in [0.2, 0.25) is 5.91 Å². The number of benzene rings is 1. The van der Waals surface area contributed by atoms with Crippen LogP contribution in [0.1, 0.15) is 32.5 Å². The summed E-state index contributed by atoms with van der Waals surface area (Å²) in [5.74, 6) is 1.44. The van der Waals surface area contributed by atoms with Gasteiger partial charge in [-0.3, -0.25) is 4.79 Å². The SMILES string of the molecule is CCn1c(SCC(=O)Nc2cccc(Cl)c2)nnc1C(C)C. The molecule has 0 saturated carbocycles. The molecule has 0 bridgehead atoms. The van der Waals surface area contributed by atoms with Gasteiger partial charge in [0.15, 0.2) is 5.16 Å². The minimum absolute atomic E-state index is 0.0935. The van der Waals surface area contributed by atoms with Crippen molar-refractivity contribution in [3.63, 3.8) is 0 Å². The monoisotopic (exact) mass is 338 g/mol. The molecule has 118 valence electrons. The number of carbonyl (C=O) groups excluding carboxylic acids is 1. The highest BCUT2D eigenvalue weighted by Crippen LogP contribution is 2.21. The fourth-order valence-electron chi connectivity index (χ4n) is 2.02. The van der Waals surface area contributed by atoms with Crippen LogP contribution in [0.2, 0.25) is 5.02 Å². The van der Waals surface area contributed by atoms with Crippen molar-refractivity contribution in [3.8, 4) is 0 Å². The Balaban J connectivity index is 1.97. The molecule has 0 aliphatic rings. The Kier molecular flexibility index (Phi) is 5.85. The summed E-state index contributed by atoms with van der Waals surface area (Å²) in [5, 5.41) is 12.6. The van der Waals surface area contributed by atoms with E-state index in [1.165, 1.54) is 11.8 Å². The van der Waals surface area contributed by atoms with Crippen LogP contribution in [0.25, 0.3) is 0 Å². The second-order valence-electron chi connectivity index (χ2n) is 5.09. The van der Waals surface area contributed by atoms with Crippen LogP contribution < -0.4 is 5.32 Å². The molecule has 0 radical (unpaired) electrons. The van der Waals surface area contributed by atoms with Crippen molar-refractivity contribution in [1.29, 1.82) is 0 Å². The number of hydrogen-bond donors (Lipinski definition) is 1. The van der Waals surface area contributed by atoms with E-state index in [2.05, 4.69) is 29.4 Å². The number of nitrogens with zero attached hydrogens (tertiary/aromatic N) is 3. The van der Waals surface area contributed by atoms with Gasteiger partial charge in [-0.05, 0) is 25.1 Å². The topological polar surface area (TPSA) is 59.8 Å². The number of rotatable bonds is 6. The zero-order valence-electron chi connectivity index (χ0n) is 12.8. The summed E-state index contributed by atoms with van der Waals surface area (Å²) in [7, 11) is 0. The summed E-state index contributed by atoms with van der Waals surface area (Å²) in [6, 6.07) is 7.09. The Morgan fingerprint density at radius 2 is 2.18 bits per heavy atom. The van der Waals surface area contributed by atoms with E-state index in [1.807, 2.05) is 11.5 Å². The third kappa shape index (κ3) is 4.24. The molecule has 1 heterocycles. The van der Waals surface area contributed by atoms with Gasteiger partial charge in [-0.15, -0.1) is 10.2 Å². The summed E-state index contributed by atoms with van der Waals surface area (Å²) in [6.45, 7) is 7.00. The maximum Gasteiger partial charge on any atom is 0.234 e. The highest BCUT2D eigenvalue weighted by molar-refractivity contribution is 7.99. The molecule has 1 aromatic heterocycles. The second-order valence-corrected chi connectivity index (χ2v) is 6.47. The highest BCUT2D eigenvalue weighted by Gasteiger charge is 2.15. The average molecular weight is 339 g/mol. The number of anilines is 1. The molecule has 2 aromatic rings. The zero-order valence-corrected chi connectivity index (χ0v) is 14.4. The summed E-state index contributed by atoms with van der Waals surface area (Å²) in [6.07, 6.45) is 0. The van der Waals surface area contributed by atoms with Gasteiger partial charge in [0.05, 0.1) is 5.75 Å². The van der Waals surface area contributed by atoms with Gasteiger partial charge in [0.1, 0.15) is 5.82 Å². The van der Waals surface area contributed by atoms with Crippen LogP contribution in [0, 0.1) is 0 Å². The number of thioether (sulfide) groups is 1. The third-order valence-electron chi connectivity index (χ3n) is 3.02. The molecule has 0 fully saturated rings. The molecule has 2 rings (SSSR count). The first-order valence-electron chi connectivity index (χ1n) is 7.12. The molecule has 0 atom stereocenters. The van der Waals surface area contributed by atoms with E-state index in [9.17, 15) is 4.79 Å². The molecule has 7 heteroatoms. The van der Waals surface area contributed by atoms with Crippen LogP contribution in [-0.4, -0.2) is 26.4 Å². The molecule has 1 N–H and O–H groups in total. The number of amides is 1. The van der Waals surface area contributed by atoms with E-state index < -0.39 is 0 Å². The zero-order chi connectivity index (χ0) is 16.1. The van der Waals surface area contributed by atoms with Gasteiger partial charge in [-0.2, -0.15) is 0 Å². The van der Waals surface area contributed by atoms with Crippen LogP contribution in [0.4, 0.5) is 5.69 Å². The van der Waals surface area contributed by atoms with Gasteiger partial charge in [-0.1, -0.05) is 43.3 Å². The van der Waals surface area contributed by atoms with Crippen LogP contribution in [0.15, 0.2) is 29.4 Å². The van der Waals surface area contributed by atoms with Gasteiger partial charge in [0, 0.05) is 23.2 Å². The smallest absolute Gasteiger partial charge is 0.234 e. The Bertz CT molecular complexity index is 657. The van der Waals surface area contributed by atoms with E-state index in [-0.39, 0.29) is 11.7 Å². The van der Waals surface area contributed by atoms with E-state index in [0.29, 0.717) is 16.6 Å². The Labute approximate surface area is 139 Å². The molecule has 0 saturated heterocycles. The lowest BCUT2D eigenvalue weighted by atomic mass is 10.2. The van der Waals surface area contributed by atoms with E-state index >= 15 is 0 Å². The first-order chi connectivity index (χ1) is 10.5. The minimum atomic E-state index is -0.0935. The first-order valence-corrected chi connectivity index (χ1v) is 8.49. The van der Waals surface area contributed by atoms with Crippen LogP contribution in [0.3, 0.4) is 0 Å². The standard InChI is InChI=1S/C15H19ClN4OS/c1-4-20-14(10(2)3)18-19-15(20)22-9-13(21)17-12-7-5-6-11(16)8-12/h5-8,10H,4,9H2,1-3H3,(H,17,21). The number of nitrogens with one attached hydrogen (secondary N) is 1. The van der Waals surface area contributed by atoms with Gasteiger partial charge in [-0.25, -0.2) is 0 Å². The van der Waals surface area contributed by atoms with Crippen molar-refractivity contribution >= 4 is 35.0 Å². The normalized spacial score (nSPS) is 11.0. The van der Waals surface area contributed by atoms with Crippen molar-refractivity contribution in [2.45, 2.75) is 38.4 Å². The van der Waals surface area contributed by atoms with E-state index in [1.54, 1.807) is 24.3 Å². The van der Waals surface area contributed by atoms with Crippen molar-refractivity contribution in [2.75, 3.05) is 11.1 Å². The van der Waals surface area contributed by atoms with Gasteiger partial charge < -0.3 is 9.88 Å². The molecule has 0 aliphatic carbocycles. The summed E-state index contributed by atoms with van der Waals surface area (Å²) < 4.78 is 2.04. The Hall–Kier alpha value is -1.53. The van der Waals surface area contributed by atoms with Crippen LogP contribution in [0.5, 0.6) is 0 Å². The largest absolute Gasteiger partial charge is 0.325 e. The van der Waals surface area contributed by atoms with Gasteiger partial charge in [0.25, 0.3) is 0 Å². The predicted molar refractivity (Wildman–Crippen MR) is 90.6 cm³/mol. The molecule has 0 unspecified atom stereocenters. The average Bonchev–Trinajstić information content (AvgIpc) is 2.88. The van der Waals surface area contributed by atoms with Crippen molar-refractivity contribution in [2.24, 2.45) is 0 Å². The maximum atomic E-state index is 12.0. The number of carbonyl (C=O) groups is 1. The second kappa shape index (κ2) is 7.65. The summed E-state index contributed by atoms with van der Waals surface area (Å²) in [5.41, 5.74) is 0.693. The Morgan fingerprint density at radius 1 is 1.41 bits per heavy atom. The van der Waals surface area contributed by atoms with Crippen molar-refractivity contribution in [1.82, 2.24) is 14.8 Å². The molecule has 0 spiro atoms. The summed E-state index contributed by atoms with van der Waals surface area (Å²) in [4.78, 5) is 12.0. The fraction of sp³-hybridized carbons (Fsp3) is 0.400. The highest BCUT2D eigenvalue weighted by atomic mass is 35.5. The third-order valence-corrected chi connectivity index (χ3v) is 4.22. The quantitative estimate of drug-likeness (QED) is 0.814. The molecular formula is C15H19ClN4OS. The Morgan fingerprint density at radius 3 is 2.82 bits per heavy atom. The molecule has 0 aliphatic heterocycles. The number of hydrogen-bond acceptors (Lipinski definition) is 4.